The van der Waals surface area contributed by atoms with E-state index in [1.807, 2.05) is 50.3 Å². The summed E-state index contributed by atoms with van der Waals surface area (Å²) in [6.45, 7) is 3.97. The summed E-state index contributed by atoms with van der Waals surface area (Å²) in [6.07, 6.45) is 16.2. The SMILES string of the molecule is CC=CC=C[CH2][Ru]([CH]=O)[CH2]C=CC=CC. The van der Waals surface area contributed by atoms with Crippen molar-refractivity contribution in [1.29, 1.82) is 0 Å². The quantitative estimate of drug-likeness (QED) is 0.395. The second-order valence-corrected chi connectivity index (χ2v) is 6.86. The van der Waals surface area contributed by atoms with E-state index in [1.54, 1.807) is 0 Å². The van der Waals surface area contributed by atoms with Gasteiger partial charge in [-0.2, -0.15) is 0 Å². The van der Waals surface area contributed by atoms with E-state index >= 15 is 0 Å². The summed E-state index contributed by atoms with van der Waals surface area (Å²) in [4.78, 5) is 12.0. The molecule has 0 aromatic heterocycles. The second kappa shape index (κ2) is 11.3. The maximum absolute atomic E-state index is 10.8. The van der Waals surface area contributed by atoms with E-state index in [0.717, 1.165) is 10.0 Å². The molecule has 0 aliphatic rings. The normalized spacial score (nSPS) is 13.6. The molecule has 0 N–H and O–H groups in total. The van der Waals surface area contributed by atoms with Gasteiger partial charge in [-0.3, -0.25) is 0 Å². The number of hydrogen-bond acceptors (Lipinski definition) is 1. The van der Waals surface area contributed by atoms with Crippen molar-refractivity contribution in [3.05, 3.63) is 48.6 Å². The molecule has 85 valence electrons. The molecule has 1 nitrogen and oxygen atoms in total. The van der Waals surface area contributed by atoms with Gasteiger partial charge in [-0.1, -0.05) is 0 Å². The van der Waals surface area contributed by atoms with E-state index in [1.165, 1.54) is 4.88 Å². The summed E-state index contributed by atoms with van der Waals surface area (Å²) >= 11 is -1.26. The average molecular weight is 292 g/mol. The monoisotopic (exact) mass is 293 g/mol. The molecule has 0 radical (unpaired) electrons. The molecular weight excluding hydrogens is 273 g/mol. The molecule has 0 aromatic carbocycles. The Morgan fingerprint density at radius 1 is 0.867 bits per heavy atom. The van der Waals surface area contributed by atoms with Crippen molar-refractivity contribution < 1.29 is 20.7 Å². The molecule has 0 heterocycles. The van der Waals surface area contributed by atoms with Crippen LogP contribution >= 0.6 is 0 Å². The predicted octanol–water partition coefficient (Wildman–Crippen LogP) is 3.90. The summed E-state index contributed by atoms with van der Waals surface area (Å²) < 4.78 is 0. The third kappa shape index (κ3) is 9.56. The molecule has 0 unspecified atom stereocenters. The topological polar surface area (TPSA) is 17.1 Å². The van der Waals surface area contributed by atoms with Crippen LogP contribution in [0.25, 0.3) is 0 Å². The first-order valence-electron chi connectivity index (χ1n) is 4.91. The molecule has 0 atom stereocenters. The maximum atomic E-state index is 10.8. The van der Waals surface area contributed by atoms with Crippen LogP contribution in [-0.4, -0.2) is 4.88 Å². The van der Waals surface area contributed by atoms with Crippen LogP contribution < -0.4 is 0 Å². The van der Waals surface area contributed by atoms with Crippen LogP contribution in [0.2, 0.25) is 10.0 Å². The molecular formula is C13H19ORu. The van der Waals surface area contributed by atoms with Gasteiger partial charge < -0.3 is 0 Å². The zero-order chi connectivity index (χ0) is 11.4. The Balaban J connectivity index is 3.87. The van der Waals surface area contributed by atoms with Gasteiger partial charge in [-0.05, 0) is 0 Å². The van der Waals surface area contributed by atoms with Crippen molar-refractivity contribution in [2.45, 2.75) is 23.9 Å². The fourth-order valence-corrected chi connectivity index (χ4v) is 2.97. The van der Waals surface area contributed by atoms with E-state index in [9.17, 15) is 4.79 Å². The van der Waals surface area contributed by atoms with Gasteiger partial charge in [-0.15, -0.1) is 0 Å². The minimum atomic E-state index is -1.26. The van der Waals surface area contributed by atoms with Gasteiger partial charge in [0.15, 0.2) is 0 Å². The summed E-state index contributed by atoms with van der Waals surface area (Å²) in [6, 6.07) is 0. The van der Waals surface area contributed by atoms with Gasteiger partial charge in [0.2, 0.25) is 0 Å². The number of rotatable bonds is 7. The Morgan fingerprint density at radius 2 is 1.33 bits per heavy atom. The predicted molar refractivity (Wildman–Crippen MR) is 64.3 cm³/mol. The van der Waals surface area contributed by atoms with Crippen LogP contribution in [0.15, 0.2) is 48.6 Å². The van der Waals surface area contributed by atoms with Gasteiger partial charge in [0.05, 0.1) is 0 Å². The van der Waals surface area contributed by atoms with Crippen molar-refractivity contribution in [2.24, 2.45) is 0 Å². The van der Waals surface area contributed by atoms with Crippen molar-refractivity contribution in [2.75, 3.05) is 0 Å². The van der Waals surface area contributed by atoms with E-state index in [0.29, 0.717) is 0 Å². The zero-order valence-corrected chi connectivity index (χ0v) is 11.1. The number of carbonyl (C=O) groups is 1. The molecule has 0 bridgehead atoms. The average Bonchev–Trinajstić information content (AvgIpc) is 2.27. The fourth-order valence-electron chi connectivity index (χ4n) is 0.817. The van der Waals surface area contributed by atoms with Crippen molar-refractivity contribution in [1.82, 2.24) is 0 Å². The molecule has 0 fully saturated rings. The van der Waals surface area contributed by atoms with Crippen LogP contribution in [0.3, 0.4) is 0 Å². The molecule has 0 rings (SSSR count). The van der Waals surface area contributed by atoms with E-state index in [2.05, 4.69) is 12.2 Å². The zero-order valence-electron chi connectivity index (χ0n) is 9.37. The van der Waals surface area contributed by atoms with Crippen LogP contribution in [-0.2, 0) is 20.7 Å². The van der Waals surface area contributed by atoms with Gasteiger partial charge in [0.25, 0.3) is 0 Å². The van der Waals surface area contributed by atoms with Gasteiger partial charge in [0.1, 0.15) is 0 Å². The Hall–Kier alpha value is -0.747. The molecule has 0 saturated carbocycles. The van der Waals surface area contributed by atoms with Gasteiger partial charge in [-0.25, -0.2) is 0 Å². The number of allylic oxidation sites excluding steroid dienone is 8. The summed E-state index contributed by atoms with van der Waals surface area (Å²) in [7, 11) is 0. The van der Waals surface area contributed by atoms with E-state index in [-0.39, 0.29) is 0 Å². The van der Waals surface area contributed by atoms with Crippen molar-refractivity contribution >= 4 is 4.88 Å². The first kappa shape index (κ1) is 14.3. The minimum absolute atomic E-state index is 0.957. The third-order valence-electron chi connectivity index (χ3n) is 1.53. The summed E-state index contributed by atoms with van der Waals surface area (Å²) in [5.74, 6) is 0. The Morgan fingerprint density at radius 3 is 1.67 bits per heavy atom. The van der Waals surface area contributed by atoms with Crippen molar-refractivity contribution in [3.8, 4) is 0 Å². The second-order valence-electron chi connectivity index (χ2n) is 2.75. The Kier molecular flexibility index (Phi) is 10.8. The summed E-state index contributed by atoms with van der Waals surface area (Å²) in [5.41, 5.74) is 0. The molecule has 0 saturated heterocycles. The number of carbonyl (C=O) groups excluding carboxylic acids is 1. The van der Waals surface area contributed by atoms with Gasteiger partial charge >= 0.3 is 98.1 Å². The fraction of sp³-hybridized carbons (Fsp3) is 0.308. The molecule has 0 spiro atoms. The molecule has 2 heteroatoms. The molecule has 15 heavy (non-hydrogen) atoms. The number of hydrogen-bond donors (Lipinski definition) is 0. The molecule has 0 aromatic rings. The Bertz CT molecular complexity index is 238. The molecule has 0 aliphatic heterocycles. The van der Waals surface area contributed by atoms with Crippen LogP contribution in [0.1, 0.15) is 13.8 Å². The third-order valence-corrected chi connectivity index (χ3v) is 4.76. The van der Waals surface area contributed by atoms with Crippen LogP contribution in [0.4, 0.5) is 0 Å². The van der Waals surface area contributed by atoms with Crippen LogP contribution in [0, 0.1) is 0 Å². The van der Waals surface area contributed by atoms with Gasteiger partial charge in [0, 0.05) is 0 Å². The van der Waals surface area contributed by atoms with Crippen molar-refractivity contribution in [3.63, 3.8) is 0 Å². The summed E-state index contributed by atoms with van der Waals surface area (Å²) in [5, 5.41) is 1.91. The first-order chi connectivity index (χ1) is 7.35. The van der Waals surface area contributed by atoms with Crippen LogP contribution in [0.5, 0.6) is 0 Å². The Labute approximate surface area is 98.2 Å². The van der Waals surface area contributed by atoms with E-state index in [4.69, 9.17) is 0 Å². The van der Waals surface area contributed by atoms with E-state index < -0.39 is 16.0 Å². The first-order valence-corrected chi connectivity index (χ1v) is 8.37. The standard InChI is InChI=1S/2C6H9.CHO.Ru/c2*1-3-5-6-4-2;1-2;/h2*3-6H,1H2,2H3;1H;. The molecule has 0 aliphatic carbocycles. The molecule has 0 amide bonds.